The van der Waals surface area contributed by atoms with E-state index in [0.717, 1.165) is 5.39 Å². The lowest BCUT2D eigenvalue weighted by Crippen LogP contribution is -2.58. The molecule has 1 saturated heterocycles. The predicted octanol–water partition coefficient (Wildman–Crippen LogP) is 2.29. The van der Waals surface area contributed by atoms with Crippen LogP contribution in [0.1, 0.15) is 31.4 Å². The molecule has 2 aromatic rings. The van der Waals surface area contributed by atoms with Crippen LogP contribution in [-0.4, -0.2) is 35.7 Å². The van der Waals surface area contributed by atoms with Crippen molar-refractivity contribution in [1.82, 2.24) is 5.32 Å². The Bertz CT molecular complexity index is 696. The van der Waals surface area contributed by atoms with Crippen LogP contribution in [-0.2, 0) is 14.3 Å². The normalized spacial score (nSPS) is 18.5. The van der Waals surface area contributed by atoms with Gasteiger partial charge in [0, 0.05) is 31.4 Å². The minimum absolute atomic E-state index is 0.265. The molecular formula is C17H19NO5. The number of aliphatic carboxylic acids is 1. The van der Waals surface area contributed by atoms with Gasteiger partial charge >= 0.3 is 5.97 Å². The summed E-state index contributed by atoms with van der Waals surface area (Å²) in [6.07, 6.45) is 0.530. The number of carboxylic acids is 1. The summed E-state index contributed by atoms with van der Waals surface area (Å²) in [5.41, 5.74) is -0.545. The standard InChI is InChI=1S/C17H19NO5/c1-11(14-10-12-4-2-3-5-13(12)23-14)15(19)18-17(16(20)21)6-8-22-9-7-17/h2-5,10-11H,6-9H2,1H3,(H,18,19)(H,20,21). The highest BCUT2D eigenvalue weighted by Gasteiger charge is 2.42. The number of ether oxygens (including phenoxy) is 1. The maximum Gasteiger partial charge on any atom is 0.329 e. The number of carbonyl (C=O) groups excluding carboxylic acids is 1. The Morgan fingerprint density at radius 2 is 1.96 bits per heavy atom. The van der Waals surface area contributed by atoms with Crippen molar-refractivity contribution in [1.29, 1.82) is 0 Å². The number of furan rings is 1. The molecule has 3 rings (SSSR count). The molecule has 0 spiro atoms. The number of benzene rings is 1. The quantitative estimate of drug-likeness (QED) is 0.903. The van der Waals surface area contributed by atoms with E-state index < -0.39 is 17.4 Å². The van der Waals surface area contributed by atoms with Crippen LogP contribution in [0, 0.1) is 0 Å². The monoisotopic (exact) mass is 317 g/mol. The lowest BCUT2D eigenvalue weighted by molar-refractivity contribution is -0.152. The third-order valence-corrected chi connectivity index (χ3v) is 4.38. The minimum Gasteiger partial charge on any atom is -0.480 e. The van der Waals surface area contributed by atoms with Gasteiger partial charge < -0.3 is 19.6 Å². The zero-order chi connectivity index (χ0) is 16.4. The fraction of sp³-hybridized carbons (Fsp3) is 0.412. The topological polar surface area (TPSA) is 88.8 Å². The van der Waals surface area contributed by atoms with Crippen LogP contribution in [0.3, 0.4) is 0 Å². The van der Waals surface area contributed by atoms with Gasteiger partial charge in [0.1, 0.15) is 16.9 Å². The van der Waals surface area contributed by atoms with Gasteiger partial charge in [0.15, 0.2) is 0 Å². The van der Waals surface area contributed by atoms with Crippen molar-refractivity contribution in [3.05, 3.63) is 36.1 Å². The van der Waals surface area contributed by atoms with Gasteiger partial charge in [-0.3, -0.25) is 4.79 Å². The average molecular weight is 317 g/mol. The van der Waals surface area contributed by atoms with E-state index in [1.807, 2.05) is 30.3 Å². The van der Waals surface area contributed by atoms with E-state index in [1.165, 1.54) is 0 Å². The Labute approximate surface area is 133 Å². The maximum atomic E-state index is 12.5. The van der Waals surface area contributed by atoms with Crippen LogP contribution in [0.5, 0.6) is 0 Å². The fourth-order valence-electron chi connectivity index (χ4n) is 2.80. The molecule has 1 aliphatic rings. The molecule has 2 N–H and O–H groups in total. The summed E-state index contributed by atoms with van der Waals surface area (Å²) in [6.45, 7) is 2.36. The van der Waals surface area contributed by atoms with E-state index in [9.17, 15) is 14.7 Å². The first kappa shape index (κ1) is 15.6. The summed E-state index contributed by atoms with van der Waals surface area (Å²) in [6, 6.07) is 9.32. The number of amides is 1. The Balaban J connectivity index is 1.79. The first-order valence-electron chi connectivity index (χ1n) is 7.63. The number of para-hydroxylation sites is 1. The van der Waals surface area contributed by atoms with Gasteiger partial charge in [0.25, 0.3) is 0 Å². The Kier molecular flexibility index (Phi) is 4.09. The number of hydrogen-bond acceptors (Lipinski definition) is 4. The molecule has 1 aromatic heterocycles. The highest BCUT2D eigenvalue weighted by molar-refractivity contribution is 5.91. The molecule has 23 heavy (non-hydrogen) atoms. The van der Waals surface area contributed by atoms with Gasteiger partial charge in [-0.05, 0) is 19.1 Å². The molecule has 0 saturated carbocycles. The smallest absolute Gasteiger partial charge is 0.329 e. The molecule has 6 heteroatoms. The molecule has 1 amide bonds. The van der Waals surface area contributed by atoms with Crippen LogP contribution in [0.2, 0.25) is 0 Å². The van der Waals surface area contributed by atoms with Gasteiger partial charge in [0.05, 0.1) is 5.92 Å². The average Bonchev–Trinajstić information content (AvgIpc) is 2.98. The summed E-state index contributed by atoms with van der Waals surface area (Å²) in [7, 11) is 0. The number of fused-ring (bicyclic) bond motifs is 1. The first-order chi connectivity index (χ1) is 11.0. The highest BCUT2D eigenvalue weighted by Crippen LogP contribution is 2.27. The fourth-order valence-corrected chi connectivity index (χ4v) is 2.80. The van der Waals surface area contributed by atoms with Crippen molar-refractivity contribution in [2.24, 2.45) is 0 Å². The molecule has 1 aromatic carbocycles. The summed E-state index contributed by atoms with van der Waals surface area (Å²) in [5.74, 6) is -1.42. The van der Waals surface area contributed by atoms with Crippen LogP contribution < -0.4 is 5.32 Å². The highest BCUT2D eigenvalue weighted by atomic mass is 16.5. The van der Waals surface area contributed by atoms with Crippen LogP contribution in [0.15, 0.2) is 34.7 Å². The number of hydrogen-bond donors (Lipinski definition) is 2. The van der Waals surface area contributed by atoms with Crippen molar-refractivity contribution in [2.45, 2.75) is 31.2 Å². The molecule has 0 radical (unpaired) electrons. The van der Waals surface area contributed by atoms with Crippen molar-refractivity contribution < 1.29 is 23.8 Å². The van der Waals surface area contributed by atoms with Gasteiger partial charge in [-0.1, -0.05) is 18.2 Å². The third kappa shape index (κ3) is 2.94. The Morgan fingerprint density at radius 1 is 1.26 bits per heavy atom. The van der Waals surface area contributed by atoms with E-state index >= 15 is 0 Å². The molecule has 1 fully saturated rings. The van der Waals surface area contributed by atoms with Crippen LogP contribution in [0.4, 0.5) is 0 Å². The van der Waals surface area contributed by atoms with Crippen molar-refractivity contribution in [2.75, 3.05) is 13.2 Å². The van der Waals surface area contributed by atoms with Gasteiger partial charge in [-0.25, -0.2) is 4.79 Å². The molecule has 2 heterocycles. The van der Waals surface area contributed by atoms with Crippen molar-refractivity contribution >= 4 is 22.8 Å². The van der Waals surface area contributed by atoms with E-state index in [0.29, 0.717) is 24.6 Å². The van der Waals surface area contributed by atoms with Crippen LogP contribution >= 0.6 is 0 Å². The molecule has 122 valence electrons. The molecule has 1 atom stereocenters. The number of carbonyl (C=O) groups is 2. The number of rotatable bonds is 4. The summed E-state index contributed by atoms with van der Waals surface area (Å²) >= 11 is 0. The zero-order valence-corrected chi connectivity index (χ0v) is 12.9. The van der Waals surface area contributed by atoms with Crippen molar-refractivity contribution in [3.63, 3.8) is 0 Å². The maximum absolute atomic E-state index is 12.5. The largest absolute Gasteiger partial charge is 0.480 e. The second-order valence-electron chi connectivity index (χ2n) is 5.90. The van der Waals surface area contributed by atoms with Gasteiger partial charge in [-0.15, -0.1) is 0 Å². The summed E-state index contributed by atoms with van der Waals surface area (Å²) in [4.78, 5) is 24.1. The van der Waals surface area contributed by atoms with E-state index in [1.54, 1.807) is 6.92 Å². The van der Waals surface area contributed by atoms with E-state index in [-0.39, 0.29) is 18.7 Å². The predicted molar refractivity (Wildman–Crippen MR) is 83.2 cm³/mol. The summed E-state index contributed by atoms with van der Waals surface area (Å²) in [5, 5.41) is 13.1. The lowest BCUT2D eigenvalue weighted by Gasteiger charge is -2.34. The molecular weight excluding hydrogens is 298 g/mol. The molecule has 0 bridgehead atoms. The molecule has 1 aliphatic heterocycles. The van der Waals surface area contributed by atoms with E-state index in [2.05, 4.69) is 5.32 Å². The first-order valence-corrected chi connectivity index (χ1v) is 7.63. The zero-order valence-electron chi connectivity index (χ0n) is 12.9. The third-order valence-electron chi connectivity index (χ3n) is 4.38. The van der Waals surface area contributed by atoms with Crippen LogP contribution in [0.25, 0.3) is 11.0 Å². The number of nitrogens with one attached hydrogen (secondary N) is 1. The molecule has 6 nitrogen and oxygen atoms in total. The SMILES string of the molecule is CC(C(=O)NC1(C(=O)O)CCOCC1)c1cc2ccccc2o1. The van der Waals surface area contributed by atoms with Gasteiger partial charge in [0.2, 0.25) is 5.91 Å². The minimum atomic E-state index is -1.25. The number of carboxylic acid groups (broad SMARTS) is 1. The second kappa shape index (κ2) is 6.04. The Hall–Kier alpha value is -2.34. The molecule has 0 aliphatic carbocycles. The van der Waals surface area contributed by atoms with Crippen molar-refractivity contribution in [3.8, 4) is 0 Å². The second-order valence-corrected chi connectivity index (χ2v) is 5.90. The lowest BCUT2D eigenvalue weighted by atomic mass is 9.89. The van der Waals surface area contributed by atoms with E-state index in [4.69, 9.17) is 9.15 Å². The van der Waals surface area contributed by atoms with Gasteiger partial charge in [-0.2, -0.15) is 0 Å². The molecule has 1 unspecified atom stereocenters. The summed E-state index contributed by atoms with van der Waals surface area (Å²) < 4.78 is 10.9. The Morgan fingerprint density at radius 3 is 2.61 bits per heavy atom.